The van der Waals surface area contributed by atoms with E-state index in [1.807, 2.05) is 54.6 Å². The molecule has 0 saturated carbocycles. The molecule has 2 aromatic rings. The summed E-state index contributed by atoms with van der Waals surface area (Å²) in [4.78, 5) is 27.4. The van der Waals surface area contributed by atoms with Crippen molar-refractivity contribution in [1.29, 1.82) is 0 Å². The lowest BCUT2D eigenvalue weighted by Gasteiger charge is -2.44. The summed E-state index contributed by atoms with van der Waals surface area (Å²) in [6, 6.07) is 16.2. The molecule has 0 aromatic heterocycles. The van der Waals surface area contributed by atoms with Crippen LogP contribution in [0.15, 0.2) is 54.6 Å². The first-order valence-corrected chi connectivity index (χ1v) is 12.0. The number of carbonyl (C=O) groups is 2. The predicted molar refractivity (Wildman–Crippen MR) is 130 cm³/mol. The lowest BCUT2D eigenvalue weighted by Crippen LogP contribution is -2.58. The second kappa shape index (κ2) is 12.0. The highest BCUT2D eigenvalue weighted by Gasteiger charge is 2.40. The molecule has 3 N–H and O–H groups in total. The van der Waals surface area contributed by atoms with Crippen molar-refractivity contribution in [2.45, 2.75) is 50.2 Å². The molecular weight excluding hydrogens is 450 g/mol. The van der Waals surface area contributed by atoms with Crippen LogP contribution in [0.5, 0.6) is 5.75 Å². The molecule has 188 valence electrons. The fourth-order valence-corrected chi connectivity index (χ4v) is 4.61. The fraction of sp³-hybridized carbons (Fsp3) is 0.462. The van der Waals surface area contributed by atoms with Crippen LogP contribution in [0.4, 0.5) is 10.5 Å². The number of urea groups is 1. The van der Waals surface area contributed by atoms with Gasteiger partial charge in [-0.05, 0) is 31.0 Å². The summed E-state index contributed by atoms with van der Waals surface area (Å²) in [5, 5.41) is 16.1. The zero-order valence-electron chi connectivity index (χ0n) is 19.9. The fourth-order valence-electron chi connectivity index (χ4n) is 4.61. The molecular formula is C26H33N3O6. The first kappa shape index (κ1) is 25.0. The molecule has 2 fully saturated rings. The third-order valence-corrected chi connectivity index (χ3v) is 6.35. The van der Waals surface area contributed by atoms with Gasteiger partial charge in [0.05, 0.1) is 51.5 Å². The van der Waals surface area contributed by atoms with E-state index in [1.165, 1.54) is 0 Å². The normalized spacial score (nSPS) is 24.5. The van der Waals surface area contributed by atoms with Crippen LogP contribution < -0.4 is 15.4 Å². The summed E-state index contributed by atoms with van der Waals surface area (Å²) in [6.45, 7) is 0.880. The third-order valence-electron chi connectivity index (χ3n) is 6.35. The number of nitrogens with one attached hydrogen (secondary N) is 2. The molecule has 0 radical (unpaired) electrons. The monoisotopic (exact) mass is 483 g/mol. The van der Waals surface area contributed by atoms with Crippen LogP contribution in [0.1, 0.15) is 24.8 Å². The summed E-state index contributed by atoms with van der Waals surface area (Å²) < 4.78 is 17.2. The molecule has 2 aromatic carbocycles. The quantitative estimate of drug-likeness (QED) is 0.583. The minimum Gasteiger partial charge on any atom is -0.496 e. The van der Waals surface area contributed by atoms with Crippen molar-refractivity contribution in [3.8, 4) is 5.75 Å². The summed E-state index contributed by atoms with van der Waals surface area (Å²) in [5.41, 5.74) is 1.59. The number of hydrogen-bond donors (Lipinski definition) is 3. The van der Waals surface area contributed by atoms with E-state index in [4.69, 9.17) is 14.2 Å². The number of rotatable bonds is 6. The average Bonchev–Trinajstić information content (AvgIpc) is 2.86. The molecule has 3 amide bonds. The van der Waals surface area contributed by atoms with Gasteiger partial charge < -0.3 is 34.9 Å². The number of carbonyl (C=O) groups excluding carboxylic acids is 2. The Labute approximate surface area is 205 Å². The van der Waals surface area contributed by atoms with Crippen molar-refractivity contribution in [2.75, 3.05) is 32.2 Å². The van der Waals surface area contributed by atoms with Crippen LogP contribution in [0, 0.1) is 0 Å². The summed E-state index contributed by atoms with van der Waals surface area (Å²) in [7, 11) is 1.60. The van der Waals surface area contributed by atoms with Gasteiger partial charge in [0.25, 0.3) is 0 Å². The van der Waals surface area contributed by atoms with Gasteiger partial charge in [0.15, 0.2) is 0 Å². The van der Waals surface area contributed by atoms with Crippen LogP contribution in [0.2, 0.25) is 0 Å². The number of methoxy groups -OCH3 is 1. The minimum atomic E-state index is -0.782. The summed E-state index contributed by atoms with van der Waals surface area (Å²) >= 11 is 0. The number of aliphatic hydroxyl groups is 1. The molecule has 35 heavy (non-hydrogen) atoms. The zero-order chi connectivity index (χ0) is 24.6. The molecule has 2 saturated heterocycles. The number of aliphatic hydroxyl groups excluding tert-OH is 1. The molecule has 0 bridgehead atoms. The van der Waals surface area contributed by atoms with Crippen LogP contribution in [-0.4, -0.2) is 73.2 Å². The van der Waals surface area contributed by atoms with Gasteiger partial charge in [-0.2, -0.15) is 0 Å². The highest BCUT2D eigenvalue weighted by molar-refractivity contribution is 5.89. The second-order valence-corrected chi connectivity index (χ2v) is 8.87. The predicted octanol–water partition coefficient (Wildman–Crippen LogP) is 2.54. The molecule has 9 nitrogen and oxygen atoms in total. The van der Waals surface area contributed by atoms with Gasteiger partial charge in [-0.25, -0.2) is 4.79 Å². The average molecular weight is 484 g/mol. The van der Waals surface area contributed by atoms with E-state index in [2.05, 4.69) is 10.6 Å². The van der Waals surface area contributed by atoms with Gasteiger partial charge in [-0.3, -0.25) is 4.79 Å². The van der Waals surface area contributed by atoms with Crippen molar-refractivity contribution in [1.82, 2.24) is 10.2 Å². The number of para-hydroxylation sites is 2. The number of hydrogen-bond acceptors (Lipinski definition) is 6. The maximum Gasteiger partial charge on any atom is 0.322 e. The van der Waals surface area contributed by atoms with Crippen molar-refractivity contribution >= 4 is 17.6 Å². The van der Waals surface area contributed by atoms with E-state index in [0.29, 0.717) is 25.1 Å². The Hall–Kier alpha value is -3.14. The topological polar surface area (TPSA) is 109 Å². The summed E-state index contributed by atoms with van der Waals surface area (Å²) in [5.74, 6) is 0.618. The van der Waals surface area contributed by atoms with E-state index in [0.717, 1.165) is 11.3 Å². The minimum absolute atomic E-state index is 0.111. The molecule has 0 unspecified atom stereocenters. The van der Waals surface area contributed by atoms with Gasteiger partial charge in [0.2, 0.25) is 5.91 Å². The number of β-amino-alcohol motifs (C(OH)–C–C–N with tert-alkyl or cyclic N) is 1. The Morgan fingerprint density at radius 3 is 2.66 bits per heavy atom. The molecule has 2 heterocycles. The van der Waals surface area contributed by atoms with Gasteiger partial charge in [-0.1, -0.05) is 36.4 Å². The first-order chi connectivity index (χ1) is 17.0. The number of benzene rings is 2. The summed E-state index contributed by atoms with van der Waals surface area (Å²) in [6.07, 6.45) is 0.0423. The standard InChI is InChI=1S/C26H33N3O6/c1-33-23-10-6-5-7-18(23)14-27-25(31)13-21-11-12-22-24(35-21)17-34-16-20(30)15-29(22)26(32)28-19-8-3-2-4-9-19/h2-10,20-22,24,30H,11-17H2,1H3,(H,27,31)(H,28,32)/t20-,21-,22-,24+/m1/s1. The number of nitrogens with zero attached hydrogens (tertiary/aromatic N) is 1. The first-order valence-electron chi connectivity index (χ1n) is 12.0. The van der Waals surface area contributed by atoms with E-state index in [1.54, 1.807) is 12.0 Å². The van der Waals surface area contributed by atoms with Gasteiger partial charge in [0, 0.05) is 17.8 Å². The number of ether oxygens (including phenoxy) is 3. The lowest BCUT2D eigenvalue weighted by molar-refractivity contribution is -0.149. The van der Waals surface area contributed by atoms with Crippen LogP contribution >= 0.6 is 0 Å². The highest BCUT2D eigenvalue weighted by atomic mass is 16.5. The number of anilines is 1. The Balaban J connectivity index is 1.35. The Kier molecular flexibility index (Phi) is 8.57. The SMILES string of the molecule is COc1ccccc1CNC(=O)C[C@H]1CC[C@@H]2[C@H](COC[C@H](O)CN2C(=O)Nc2ccccc2)O1. The van der Waals surface area contributed by atoms with Crippen molar-refractivity contribution in [3.63, 3.8) is 0 Å². The highest BCUT2D eigenvalue weighted by Crippen LogP contribution is 2.28. The maximum atomic E-state index is 13.1. The van der Waals surface area contributed by atoms with E-state index in [9.17, 15) is 14.7 Å². The van der Waals surface area contributed by atoms with Crippen molar-refractivity contribution < 1.29 is 28.9 Å². The maximum absolute atomic E-state index is 13.1. The van der Waals surface area contributed by atoms with Crippen LogP contribution in [0.25, 0.3) is 0 Å². The largest absolute Gasteiger partial charge is 0.496 e. The molecule has 4 atom stereocenters. The van der Waals surface area contributed by atoms with E-state index in [-0.39, 0.29) is 56.4 Å². The molecule has 9 heteroatoms. The van der Waals surface area contributed by atoms with Gasteiger partial charge in [-0.15, -0.1) is 0 Å². The van der Waals surface area contributed by atoms with Crippen molar-refractivity contribution in [2.24, 2.45) is 0 Å². The molecule has 0 aliphatic carbocycles. The van der Waals surface area contributed by atoms with Gasteiger partial charge in [0.1, 0.15) is 11.9 Å². The second-order valence-electron chi connectivity index (χ2n) is 8.87. The molecule has 2 aliphatic rings. The Bertz CT molecular complexity index is 988. The van der Waals surface area contributed by atoms with Crippen LogP contribution in [-0.2, 0) is 20.8 Å². The number of amides is 3. The molecule has 2 aliphatic heterocycles. The smallest absolute Gasteiger partial charge is 0.322 e. The Morgan fingerprint density at radius 2 is 1.86 bits per heavy atom. The number of fused-ring (bicyclic) bond motifs is 1. The molecule has 4 rings (SSSR count). The molecule has 0 spiro atoms. The Morgan fingerprint density at radius 1 is 1.09 bits per heavy atom. The lowest BCUT2D eigenvalue weighted by atomic mass is 9.95. The van der Waals surface area contributed by atoms with Gasteiger partial charge >= 0.3 is 6.03 Å². The zero-order valence-corrected chi connectivity index (χ0v) is 19.9. The van der Waals surface area contributed by atoms with E-state index >= 15 is 0 Å². The van der Waals surface area contributed by atoms with Crippen molar-refractivity contribution in [3.05, 3.63) is 60.2 Å². The van der Waals surface area contributed by atoms with Crippen LogP contribution in [0.3, 0.4) is 0 Å². The third kappa shape index (κ3) is 6.72. The van der Waals surface area contributed by atoms with E-state index < -0.39 is 6.10 Å².